The van der Waals surface area contributed by atoms with Crippen LogP contribution in [0.15, 0.2) is 10.6 Å². The zero-order valence-corrected chi connectivity index (χ0v) is 9.52. The summed E-state index contributed by atoms with van der Waals surface area (Å²) < 4.78 is 4.81. The standard InChI is InChI=1S/C10H15N3O4/c1-7-5-9(17-13-7)12-8(14)6-11-4-2-3-10(15)16/h5,11H,2-4,6H2,1H3,(H,12,14)(H,15,16). The first-order chi connectivity index (χ1) is 8.08. The number of carboxylic acids is 1. The zero-order chi connectivity index (χ0) is 12.7. The first-order valence-electron chi connectivity index (χ1n) is 5.23. The fourth-order valence-corrected chi connectivity index (χ4v) is 1.17. The average molecular weight is 241 g/mol. The summed E-state index contributed by atoms with van der Waals surface area (Å²) in [5, 5.41) is 17.4. The fraction of sp³-hybridized carbons (Fsp3) is 0.500. The van der Waals surface area contributed by atoms with Crippen molar-refractivity contribution in [1.29, 1.82) is 0 Å². The summed E-state index contributed by atoms with van der Waals surface area (Å²) in [6.07, 6.45) is 0.583. The van der Waals surface area contributed by atoms with Crippen LogP contribution in [-0.4, -0.2) is 35.2 Å². The number of hydrogen-bond donors (Lipinski definition) is 3. The van der Waals surface area contributed by atoms with E-state index in [2.05, 4.69) is 15.8 Å². The quantitative estimate of drug-likeness (QED) is 0.596. The van der Waals surface area contributed by atoms with Gasteiger partial charge in [-0.2, -0.15) is 0 Å². The van der Waals surface area contributed by atoms with E-state index in [9.17, 15) is 9.59 Å². The Labute approximate surface area is 98.2 Å². The molecule has 0 saturated heterocycles. The Balaban J connectivity index is 2.11. The van der Waals surface area contributed by atoms with Crippen LogP contribution in [0.25, 0.3) is 0 Å². The van der Waals surface area contributed by atoms with Gasteiger partial charge in [0.1, 0.15) is 0 Å². The number of anilines is 1. The van der Waals surface area contributed by atoms with Gasteiger partial charge >= 0.3 is 5.97 Å². The Hall–Kier alpha value is -1.89. The van der Waals surface area contributed by atoms with E-state index in [4.69, 9.17) is 9.63 Å². The molecule has 0 unspecified atom stereocenters. The molecular weight excluding hydrogens is 226 g/mol. The lowest BCUT2D eigenvalue weighted by Crippen LogP contribution is -2.28. The highest BCUT2D eigenvalue weighted by Crippen LogP contribution is 2.07. The van der Waals surface area contributed by atoms with Crippen molar-refractivity contribution in [2.45, 2.75) is 19.8 Å². The van der Waals surface area contributed by atoms with Crippen molar-refractivity contribution >= 4 is 17.8 Å². The SMILES string of the molecule is Cc1cc(NC(=O)CNCCCC(=O)O)on1. The molecule has 0 fully saturated rings. The van der Waals surface area contributed by atoms with Gasteiger partial charge in [0.05, 0.1) is 12.2 Å². The molecule has 0 atom stereocenters. The molecule has 94 valence electrons. The van der Waals surface area contributed by atoms with Crippen LogP contribution in [0.3, 0.4) is 0 Å². The maximum atomic E-state index is 11.3. The van der Waals surface area contributed by atoms with E-state index in [1.165, 1.54) is 0 Å². The molecule has 1 rings (SSSR count). The second-order valence-corrected chi connectivity index (χ2v) is 3.55. The van der Waals surface area contributed by atoms with E-state index in [-0.39, 0.29) is 18.9 Å². The number of aliphatic carboxylic acids is 1. The van der Waals surface area contributed by atoms with E-state index in [1.807, 2.05) is 0 Å². The summed E-state index contributed by atoms with van der Waals surface area (Å²) in [4.78, 5) is 21.6. The Morgan fingerprint density at radius 2 is 2.29 bits per heavy atom. The first kappa shape index (κ1) is 13.2. The molecule has 3 N–H and O–H groups in total. The van der Waals surface area contributed by atoms with Crippen molar-refractivity contribution in [3.63, 3.8) is 0 Å². The van der Waals surface area contributed by atoms with Gasteiger partial charge in [0.15, 0.2) is 0 Å². The van der Waals surface area contributed by atoms with Gasteiger partial charge in [-0.1, -0.05) is 5.16 Å². The Bertz CT molecular complexity index is 389. The van der Waals surface area contributed by atoms with E-state index >= 15 is 0 Å². The third-order valence-electron chi connectivity index (χ3n) is 1.92. The number of nitrogens with one attached hydrogen (secondary N) is 2. The minimum atomic E-state index is -0.839. The summed E-state index contributed by atoms with van der Waals surface area (Å²) in [5.41, 5.74) is 0.690. The second-order valence-electron chi connectivity index (χ2n) is 3.55. The predicted octanol–water partition coefficient (Wildman–Crippen LogP) is 0.376. The van der Waals surface area contributed by atoms with Crippen molar-refractivity contribution in [1.82, 2.24) is 10.5 Å². The van der Waals surface area contributed by atoms with Gasteiger partial charge in [-0.15, -0.1) is 0 Å². The number of carbonyl (C=O) groups is 2. The summed E-state index contributed by atoms with van der Waals surface area (Å²) in [5.74, 6) is -0.787. The van der Waals surface area contributed by atoms with E-state index in [0.29, 0.717) is 24.5 Å². The Morgan fingerprint density at radius 3 is 2.88 bits per heavy atom. The van der Waals surface area contributed by atoms with Crippen LogP contribution in [0.1, 0.15) is 18.5 Å². The normalized spacial score (nSPS) is 10.2. The summed E-state index contributed by atoms with van der Waals surface area (Å²) >= 11 is 0. The second kappa shape index (κ2) is 6.64. The number of amides is 1. The predicted molar refractivity (Wildman–Crippen MR) is 59.6 cm³/mol. The van der Waals surface area contributed by atoms with Gasteiger partial charge in [-0.3, -0.25) is 14.9 Å². The van der Waals surface area contributed by atoms with Crippen LogP contribution in [0.5, 0.6) is 0 Å². The molecule has 7 nitrogen and oxygen atoms in total. The summed E-state index contributed by atoms with van der Waals surface area (Å²) in [6.45, 7) is 2.35. The highest BCUT2D eigenvalue weighted by molar-refractivity contribution is 5.90. The van der Waals surface area contributed by atoms with Crippen molar-refractivity contribution in [3.05, 3.63) is 11.8 Å². The molecule has 0 aromatic carbocycles. The van der Waals surface area contributed by atoms with Crippen LogP contribution in [0.4, 0.5) is 5.88 Å². The minimum absolute atomic E-state index is 0.0932. The van der Waals surface area contributed by atoms with Crippen molar-refractivity contribution in [3.8, 4) is 0 Å². The van der Waals surface area contributed by atoms with Crippen LogP contribution in [0, 0.1) is 6.92 Å². The van der Waals surface area contributed by atoms with Gasteiger partial charge in [0.25, 0.3) is 0 Å². The average Bonchev–Trinajstić information content (AvgIpc) is 2.63. The molecule has 1 amide bonds. The smallest absolute Gasteiger partial charge is 0.303 e. The maximum absolute atomic E-state index is 11.3. The lowest BCUT2D eigenvalue weighted by atomic mass is 10.3. The first-order valence-corrected chi connectivity index (χ1v) is 5.23. The van der Waals surface area contributed by atoms with Crippen LogP contribution in [0.2, 0.25) is 0 Å². The molecule has 0 saturated carbocycles. The molecule has 1 aromatic heterocycles. The maximum Gasteiger partial charge on any atom is 0.303 e. The number of carboxylic acid groups (broad SMARTS) is 1. The number of carbonyl (C=O) groups excluding carboxylic acids is 1. The van der Waals surface area contributed by atoms with Gasteiger partial charge in [0.2, 0.25) is 11.8 Å². The number of hydrogen-bond acceptors (Lipinski definition) is 5. The molecule has 1 aromatic rings. The largest absolute Gasteiger partial charge is 0.481 e. The molecule has 0 aliphatic heterocycles. The monoisotopic (exact) mass is 241 g/mol. The molecule has 7 heteroatoms. The van der Waals surface area contributed by atoms with E-state index in [0.717, 1.165) is 0 Å². The molecule has 1 heterocycles. The Kier molecular flexibility index (Phi) is 5.15. The third kappa shape index (κ3) is 5.67. The number of aromatic nitrogens is 1. The minimum Gasteiger partial charge on any atom is -0.481 e. The lowest BCUT2D eigenvalue weighted by molar-refractivity contribution is -0.137. The van der Waals surface area contributed by atoms with Crippen molar-refractivity contribution in [2.75, 3.05) is 18.4 Å². The summed E-state index contributed by atoms with van der Waals surface area (Å²) in [6, 6.07) is 1.61. The van der Waals surface area contributed by atoms with Gasteiger partial charge in [0, 0.05) is 12.5 Å². The molecule has 0 aliphatic carbocycles. The zero-order valence-electron chi connectivity index (χ0n) is 9.52. The van der Waals surface area contributed by atoms with Gasteiger partial charge < -0.3 is 14.9 Å². The molecule has 0 spiro atoms. The van der Waals surface area contributed by atoms with Crippen LogP contribution >= 0.6 is 0 Å². The van der Waals surface area contributed by atoms with Crippen molar-refractivity contribution in [2.24, 2.45) is 0 Å². The van der Waals surface area contributed by atoms with Crippen LogP contribution in [-0.2, 0) is 9.59 Å². The van der Waals surface area contributed by atoms with Gasteiger partial charge in [-0.05, 0) is 19.9 Å². The van der Waals surface area contributed by atoms with Crippen molar-refractivity contribution < 1.29 is 19.2 Å². The Morgan fingerprint density at radius 1 is 1.53 bits per heavy atom. The lowest BCUT2D eigenvalue weighted by Gasteiger charge is -2.02. The molecule has 0 aliphatic rings. The fourth-order valence-electron chi connectivity index (χ4n) is 1.17. The molecule has 0 bridgehead atoms. The molecule has 0 radical (unpaired) electrons. The number of rotatable bonds is 7. The number of aryl methyl sites for hydroxylation is 1. The van der Waals surface area contributed by atoms with Gasteiger partial charge in [-0.25, -0.2) is 0 Å². The highest BCUT2D eigenvalue weighted by atomic mass is 16.5. The summed E-state index contributed by atoms with van der Waals surface area (Å²) in [7, 11) is 0. The third-order valence-corrected chi connectivity index (χ3v) is 1.92. The van der Waals surface area contributed by atoms with E-state index < -0.39 is 5.97 Å². The molecule has 17 heavy (non-hydrogen) atoms. The topological polar surface area (TPSA) is 104 Å². The van der Waals surface area contributed by atoms with E-state index in [1.54, 1.807) is 13.0 Å². The number of nitrogens with zero attached hydrogens (tertiary/aromatic N) is 1. The van der Waals surface area contributed by atoms with Crippen LogP contribution < -0.4 is 10.6 Å². The highest BCUT2D eigenvalue weighted by Gasteiger charge is 2.05. The molecular formula is C10H15N3O4.